The lowest BCUT2D eigenvalue weighted by atomic mass is 10.2. The molecule has 0 bridgehead atoms. The fourth-order valence-electron chi connectivity index (χ4n) is 3.13. The SMILES string of the molecule is CN(CCC(=O)N1CCN(C(=O)c2ccco2)CC1)Cc1ccccc1. The van der Waals surface area contributed by atoms with Crippen LogP contribution in [0.3, 0.4) is 0 Å². The maximum atomic E-state index is 12.4. The molecule has 1 aromatic heterocycles. The molecule has 3 rings (SSSR count). The van der Waals surface area contributed by atoms with Gasteiger partial charge in [-0.25, -0.2) is 0 Å². The number of nitrogens with zero attached hydrogens (tertiary/aromatic N) is 3. The number of carbonyl (C=O) groups is 2. The number of carbonyl (C=O) groups excluding carboxylic acids is 2. The summed E-state index contributed by atoms with van der Waals surface area (Å²) in [5, 5.41) is 0. The molecule has 0 saturated carbocycles. The van der Waals surface area contributed by atoms with Crippen molar-refractivity contribution in [1.82, 2.24) is 14.7 Å². The van der Waals surface area contributed by atoms with E-state index in [0.717, 1.165) is 13.1 Å². The molecule has 1 aromatic carbocycles. The van der Waals surface area contributed by atoms with Crippen molar-refractivity contribution in [3.05, 3.63) is 60.1 Å². The lowest BCUT2D eigenvalue weighted by molar-refractivity contribution is -0.133. The molecular formula is C20H25N3O3. The third kappa shape index (κ3) is 4.73. The Hall–Kier alpha value is -2.60. The van der Waals surface area contributed by atoms with Gasteiger partial charge in [-0.3, -0.25) is 9.59 Å². The summed E-state index contributed by atoms with van der Waals surface area (Å²) in [7, 11) is 2.03. The van der Waals surface area contributed by atoms with Crippen molar-refractivity contribution >= 4 is 11.8 Å². The Morgan fingerprint density at radius 3 is 2.35 bits per heavy atom. The molecule has 6 heteroatoms. The summed E-state index contributed by atoms with van der Waals surface area (Å²) in [6.45, 7) is 3.80. The van der Waals surface area contributed by atoms with Gasteiger partial charge in [0.2, 0.25) is 5.91 Å². The van der Waals surface area contributed by atoms with Gasteiger partial charge in [-0.1, -0.05) is 30.3 Å². The summed E-state index contributed by atoms with van der Waals surface area (Å²) in [5.41, 5.74) is 1.24. The molecule has 26 heavy (non-hydrogen) atoms. The van der Waals surface area contributed by atoms with Crippen molar-refractivity contribution in [3.63, 3.8) is 0 Å². The van der Waals surface area contributed by atoms with Crippen molar-refractivity contribution in [3.8, 4) is 0 Å². The Bertz CT molecular complexity index is 707. The van der Waals surface area contributed by atoms with Crippen molar-refractivity contribution < 1.29 is 14.0 Å². The van der Waals surface area contributed by atoms with Gasteiger partial charge < -0.3 is 19.1 Å². The summed E-state index contributed by atoms with van der Waals surface area (Å²) in [6, 6.07) is 13.6. The minimum absolute atomic E-state index is 0.107. The van der Waals surface area contributed by atoms with E-state index in [0.29, 0.717) is 38.4 Å². The lowest BCUT2D eigenvalue weighted by Gasteiger charge is -2.34. The minimum Gasteiger partial charge on any atom is -0.459 e. The molecule has 1 saturated heterocycles. The van der Waals surface area contributed by atoms with Gasteiger partial charge in [-0.05, 0) is 24.7 Å². The fraction of sp³-hybridized carbons (Fsp3) is 0.400. The third-order valence-electron chi connectivity index (χ3n) is 4.65. The van der Waals surface area contributed by atoms with Crippen LogP contribution in [0.2, 0.25) is 0 Å². The zero-order valence-electron chi connectivity index (χ0n) is 15.1. The zero-order chi connectivity index (χ0) is 18.4. The van der Waals surface area contributed by atoms with Gasteiger partial charge in [0.25, 0.3) is 5.91 Å². The first-order valence-electron chi connectivity index (χ1n) is 8.96. The van der Waals surface area contributed by atoms with Gasteiger partial charge in [0, 0.05) is 45.7 Å². The summed E-state index contributed by atoms with van der Waals surface area (Å²) in [4.78, 5) is 30.4. The van der Waals surface area contributed by atoms with Crippen LogP contribution in [0.15, 0.2) is 53.1 Å². The average molecular weight is 355 g/mol. The van der Waals surface area contributed by atoms with Crippen LogP contribution in [0, 0.1) is 0 Å². The standard InChI is InChI=1S/C20H25N3O3/c1-21(16-17-6-3-2-4-7-17)10-9-19(24)22-11-13-23(14-12-22)20(25)18-8-5-15-26-18/h2-8,15H,9-14,16H2,1H3. The van der Waals surface area contributed by atoms with Crippen LogP contribution < -0.4 is 0 Å². The summed E-state index contributed by atoms with van der Waals surface area (Å²) in [6.07, 6.45) is 1.99. The third-order valence-corrected chi connectivity index (χ3v) is 4.65. The van der Waals surface area contributed by atoms with E-state index in [4.69, 9.17) is 4.42 Å². The Kier molecular flexibility index (Phi) is 6.07. The molecule has 0 radical (unpaired) electrons. The van der Waals surface area contributed by atoms with Gasteiger partial charge in [-0.2, -0.15) is 0 Å². The van der Waals surface area contributed by atoms with Gasteiger partial charge >= 0.3 is 0 Å². The predicted molar refractivity (Wildman–Crippen MR) is 98.6 cm³/mol. The molecule has 6 nitrogen and oxygen atoms in total. The van der Waals surface area contributed by atoms with Crippen LogP contribution in [0.25, 0.3) is 0 Å². The maximum absolute atomic E-state index is 12.4. The largest absolute Gasteiger partial charge is 0.459 e. The van der Waals surface area contributed by atoms with E-state index < -0.39 is 0 Å². The molecule has 2 amide bonds. The summed E-state index contributed by atoms with van der Waals surface area (Å²) >= 11 is 0. The van der Waals surface area contributed by atoms with Crippen LogP contribution in [0.5, 0.6) is 0 Å². The number of amides is 2. The second-order valence-corrected chi connectivity index (χ2v) is 6.62. The van der Waals surface area contributed by atoms with Gasteiger partial charge in [0.05, 0.1) is 6.26 Å². The number of rotatable bonds is 6. The highest BCUT2D eigenvalue weighted by Crippen LogP contribution is 2.11. The molecule has 2 aromatic rings. The average Bonchev–Trinajstić information content (AvgIpc) is 3.21. The predicted octanol–water partition coefficient (Wildman–Crippen LogP) is 2.09. The molecule has 0 spiro atoms. The van der Waals surface area contributed by atoms with Crippen LogP contribution >= 0.6 is 0 Å². The Labute approximate surface area is 154 Å². The number of piperazine rings is 1. The molecule has 138 valence electrons. The Morgan fingerprint density at radius 2 is 1.69 bits per heavy atom. The van der Waals surface area contributed by atoms with E-state index in [2.05, 4.69) is 17.0 Å². The first-order chi connectivity index (χ1) is 12.6. The number of benzene rings is 1. The minimum atomic E-state index is -0.107. The topological polar surface area (TPSA) is 57.0 Å². The molecule has 1 aliphatic rings. The first-order valence-corrected chi connectivity index (χ1v) is 8.96. The van der Waals surface area contributed by atoms with Gasteiger partial charge in [0.15, 0.2) is 5.76 Å². The lowest BCUT2D eigenvalue weighted by Crippen LogP contribution is -2.50. The molecular weight excluding hydrogens is 330 g/mol. The van der Waals surface area contributed by atoms with Crippen molar-refractivity contribution in [1.29, 1.82) is 0 Å². The number of furan rings is 1. The summed E-state index contributed by atoms with van der Waals surface area (Å²) < 4.78 is 5.16. The van der Waals surface area contributed by atoms with Crippen molar-refractivity contribution in [2.45, 2.75) is 13.0 Å². The van der Waals surface area contributed by atoms with Gasteiger partial charge in [-0.15, -0.1) is 0 Å². The normalized spacial score (nSPS) is 14.7. The monoisotopic (exact) mass is 355 g/mol. The van der Waals surface area contributed by atoms with E-state index >= 15 is 0 Å². The molecule has 1 aliphatic heterocycles. The van der Waals surface area contributed by atoms with Crippen LogP contribution in [0.1, 0.15) is 22.5 Å². The zero-order valence-corrected chi connectivity index (χ0v) is 15.1. The smallest absolute Gasteiger partial charge is 0.289 e. The van der Waals surface area contributed by atoms with Crippen molar-refractivity contribution in [2.24, 2.45) is 0 Å². The molecule has 2 heterocycles. The maximum Gasteiger partial charge on any atom is 0.289 e. The molecule has 0 atom stereocenters. The Morgan fingerprint density at radius 1 is 1.00 bits per heavy atom. The second kappa shape index (κ2) is 8.67. The quantitative estimate of drug-likeness (QED) is 0.796. The van der Waals surface area contributed by atoms with E-state index in [1.165, 1.54) is 11.8 Å². The fourth-order valence-corrected chi connectivity index (χ4v) is 3.13. The van der Waals surface area contributed by atoms with Crippen LogP contribution in [-0.4, -0.2) is 66.3 Å². The van der Waals surface area contributed by atoms with Crippen molar-refractivity contribution in [2.75, 3.05) is 39.8 Å². The number of hydrogen-bond donors (Lipinski definition) is 0. The van der Waals surface area contributed by atoms with E-state index in [-0.39, 0.29) is 11.8 Å². The van der Waals surface area contributed by atoms with E-state index in [9.17, 15) is 9.59 Å². The van der Waals surface area contributed by atoms with E-state index in [1.54, 1.807) is 17.0 Å². The highest BCUT2D eigenvalue weighted by atomic mass is 16.3. The first kappa shape index (κ1) is 18.2. The Balaban J connectivity index is 1.40. The molecule has 0 aliphatic carbocycles. The molecule has 1 fully saturated rings. The van der Waals surface area contributed by atoms with E-state index in [1.807, 2.05) is 30.1 Å². The number of hydrogen-bond acceptors (Lipinski definition) is 4. The summed E-state index contributed by atoms with van der Waals surface area (Å²) in [5.74, 6) is 0.395. The van der Waals surface area contributed by atoms with Crippen LogP contribution in [0.4, 0.5) is 0 Å². The van der Waals surface area contributed by atoms with Gasteiger partial charge in [0.1, 0.15) is 0 Å². The van der Waals surface area contributed by atoms with Crippen LogP contribution in [-0.2, 0) is 11.3 Å². The highest BCUT2D eigenvalue weighted by molar-refractivity contribution is 5.91. The molecule has 0 unspecified atom stereocenters. The second-order valence-electron chi connectivity index (χ2n) is 6.62. The molecule has 0 N–H and O–H groups in total. The highest BCUT2D eigenvalue weighted by Gasteiger charge is 2.25.